The van der Waals surface area contributed by atoms with Gasteiger partial charge in [-0.3, -0.25) is 0 Å². The molecule has 0 saturated carbocycles. The lowest BCUT2D eigenvalue weighted by Gasteiger charge is -2.26. The predicted octanol–water partition coefficient (Wildman–Crippen LogP) is 4.08. The lowest BCUT2D eigenvalue weighted by atomic mass is 9.99. The van der Waals surface area contributed by atoms with Crippen LogP contribution in [0.25, 0.3) is 0 Å². The maximum absolute atomic E-state index is 2.51. The summed E-state index contributed by atoms with van der Waals surface area (Å²) >= 11 is 0. The van der Waals surface area contributed by atoms with Crippen LogP contribution in [-0.4, -0.2) is 24.0 Å². The van der Waals surface area contributed by atoms with Gasteiger partial charge in [-0.15, -0.1) is 0 Å². The lowest BCUT2D eigenvalue weighted by molar-refractivity contribution is 0.230. The van der Waals surface area contributed by atoms with E-state index in [1.807, 2.05) is 0 Å². The molecule has 1 aromatic rings. The maximum Gasteiger partial charge on any atom is 0.0107 e. The zero-order chi connectivity index (χ0) is 12.8. The topological polar surface area (TPSA) is 3.24 Å². The van der Waals surface area contributed by atoms with Crippen LogP contribution in [0.4, 0.5) is 0 Å². The first kappa shape index (κ1) is 14.2. The van der Waals surface area contributed by atoms with E-state index in [4.69, 9.17) is 0 Å². The van der Waals surface area contributed by atoms with Crippen LogP contribution in [0.3, 0.4) is 0 Å². The van der Waals surface area contributed by atoms with Gasteiger partial charge < -0.3 is 4.90 Å². The van der Waals surface area contributed by atoms with Crippen molar-refractivity contribution in [2.75, 3.05) is 13.1 Å². The molecule has 0 radical (unpaired) electrons. The highest BCUT2D eigenvalue weighted by Crippen LogP contribution is 2.16. The normalized spacial score (nSPS) is 13.4. The Balaban J connectivity index is 2.62. The summed E-state index contributed by atoms with van der Waals surface area (Å²) in [7, 11) is 0. The van der Waals surface area contributed by atoms with Gasteiger partial charge in [-0.2, -0.15) is 0 Å². The van der Waals surface area contributed by atoms with E-state index in [9.17, 15) is 0 Å². The first-order valence-electron chi connectivity index (χ1n) is 6.91. The van der Waals surface area contributed by atoms with Crippen LogP contribution < -0.4 is 0 Å². The first-order valence-corrected chi connectivity index (χ1v) is 6.91. The highest BCUT2D eigenvalue weighted by atomic mass is 15.1. The van der Waals surface area contributed by atoms with Gasteiger partial charge in [0.1, 0.15) is 0 Å². The van der Waals surface area contributed by atoms with Gasteiger partial charge in [0.15, 0.2) is 0 Å². The third-order valence-corrected chi connectivity index (χ3v) is 3.61. The molecule has 1 atom stereocenters. The minimum absolute atomic E-state index is 0.629. The molecule has 0 heterocycles. The van der Waals surface area contributed by atoms with Crippen LogP contribution in [0, 0.1) is 0 Å². The van der Waals surface area contributed by atoms with Gasteiger partial charge in [-0.05, 0) is 43.5 Å². The van der Waals surface area contributed by atoms with E-state index < -0.39 is 0 Å². The smallest absolute Gasteiger partial charge is 0.0107 e. The lowest BCUT2D eigenvalue weighted by Crippen LogP contribution is -2.34. The molecule has 0 spiro atoms. The van der Waals surface area contributed by atoms with Crippen LogP contribution in [-0.2, 0) is 6.42 Å². The Bertz CT molecular complexity index is 309. The van der Waals surface area contributed by atoms with E-state index >= 15 is 0 Å². The Morgan fingerprint density at radius 2 is 1.47 bits per heavy atom. The molecule has 0 fully saturated rings. The van der Waals surface area contributed by atoms with Gasteiger partial charge in [0.25, 0.3) is 0 Å². The standard InChI is InChI=1S/C16H27N/c1-6-17(7-2)14(5)12-15-8-10-16(11-9-15)13(3)4/h8-11,13-14H,6-7,12H2,1-5H3. The molecular weight excluding hydrogens is 206 g/mol. The molecule has 0 aliphatic heterocycles. The van der Waals surface area contributed by atoms with E-state index in [0.29, 0.717) is 12.0 Å². The summed E-state index contributed by atoms with van der Waals surface area (Å²) in [5.41, 5.74) is 2.89. The van der Waals surface area contributed by atoms with E-state index in [1.165, 1.54) is 11.1 Å². The van der Waals surface area contributed by atoms with Crippen molar-refractivity contribution in [1.82, 2.24) is 4.90 Å². The Labute approximate surface area is 107 Å². The quantitative estimate of drug-likeness (QED) is 0.715. The van der Waals surface area contributed by atoms with Gasteiger partial charge in [-0.1, -0.05) is 52.0 Å². The van der Waals surface area contributed by atoms with Crippen molar-refractivity contribution < 1.29 is 0 Å². The summed E-state index contributed by atoms with van der Waals surface area (Å²) in [5, 5.41) is 0. The van der Waals surface area contributed by atoms with Crippen molar-refractivity contribution in [2.24, 2.45) is 0 Å². The SMILES string of the molecule is CCN(CC)C(C)Cc1ccc(C(C)C)cc1. The average Bonchev–Trinajstić information content (AvgIpc) is 2.31. The summed E-state index contributed by atoms with van der Waals surface area (Å²) in [6.07, 6.45) is 1.15. The fourth-order valence-electron chi connectivity index (χ4n) is 2.36. The predicted molar refractivity (Wildman–Crippen MR) is 76.6 cm³/mol. The molecule has 1 aromatic carbocycles. The fourth-order valence-corrected chi connectivity index (χ4v) is 2.36. The number of benzene rings is 1. The molecule has 1 rings (SSSR count). The second kappa shape index (κ2) is 6.80. The Morgan fingerprint density at radius 1 is 0.941 bits per heavy atom. The van der Waals surface area contributed by atoms with Crippen molar-refractivity contribution >= 4 is 0 Å². The van der Waals surface area contributed by atoms with Crippen LogP contribution in [0.5, 0.6) is 0 Å². The van der Waals surface area contributed by atoms with Crippen molar-refractivity contribution in [2.45, 2.75) is 53.0 Å². The molecule has 0 aromatic heterocycles. The summed E-state index contributed by atoms with van der Waals surface area (Å²) in [4.78, 5) is 2.51. The zero-order valence-electron chi connectivity index (χ0n) is 12.0. The molecule has 0 bridgehead atoms. The van der Waals surface area contributed by atoms with Gasteiger partial charge >= 0.3 is 0 Å². The van der Waals surface area contributed by atoms with Crippen LogP contribution >= 0.6 is 0 Å². The van der Waals surface area contributed by atoms with E-state index in [1.54, 1.807) is 0 Å². The highest BCUT2D eigenvalue weighted by molar-refractivity contribution is 5.25. The highest BCUT2D eigenvalue weighted by Gasteiger charge is 2.10. The summed E-state index contributed by atoms with van der Waals surface area (Å²) in [6, 6.07) is 9.75. The number of nitrogens with zero attached hydrogens (tertiary/aromatic N) is 1. The second-order valence-electron chi connectivity index (χ2n) is 5.17. The van der Waals surface area contributed by atoms with Crippen molar-refractivity contribution in [3.05, 3.63) is 35.4 Å². The van der Waals surface area contributed by atoms with E-state index in [2.05, 4.69) is 63.8 Å². The van der Waals surface area contributed by atoms with Crippen LogP contribution in [0.2, 0.25) is 0 Å². The minimum Gasteiger partial charge on any atom is -0.301 e. The van der Waals surface area contributed by atoms with Crippen molar-refractivity contribution in [3.8, 4) is 0 Å². The Kier molecular flexibility index (Phi) is 5.70. The Morgan fingerprint density at radius 3 is 1.88 bits per heavy atom. The van der Waals surface area contributed by atoms with Crippen molar-refractivity contribution in [3.63, 3.8) is 0 Å². The molecular formula is C16H27N. The van der Waals surface area contributed by atoms with Gasteiger partial charge in [-0.25, -0.2) is 0 Å². The minimum atomic E-state index is 0.629. The monoisotopic (exact) mass is 233 g/mol. The number of hydrogen-bond donors (Lipinski definition) is 0. The van der Waals surface area contributed by atoms with E-state index in [0.717, 1.165) is 19.5 Å². The fraction of sp³-hybridized carbons (Fsp3) is 0.625. The molecule has 96 valence electrons. The van der Waals surface area contributed by atoms with E-state index in [-0.39, 0.29) is 0 Å². The molecule has 0 aliphatic carbocycles. The van der Waals surface area contributed by atoms with Gasteiger partial charge in [0.2, 0.25) is 0 Å². The molecule has 1 heteroatoms. The largest absolute Gasteiger partial charge is 0.301 e. The average molecular weight is 233 g/mol. The molecule has 0 aliphatic rings. The maximum atomic E-state index is 2.51. The van der Waals surface area contributed by atoms with Gasteiger partial charge in [0, 0.05) is 6.04 Å². The summed E-state index contributed by atoms with van der Waals surface area (Å²) in [6.45, 7) is 13.6. The molecule has 17 heavy (non-hydrogen) atoms. The molecule has 0 N–H and O–H groups in total. The Hall–Kier alpha value is -0.820. The molecule has 0 amide bonds. The third-order valence-electron chi connectivity index (χ3n) is 3.61. The zero-order valence-corrected chi connectivity index (χ0v) is 12.0. The third kappa shape index (κ3) is 4.16. The summed E-state index contributed by atoms with van der Waals surface area (Å²) in [5.74, 6) is 0.629. The molecule has 1 nitrogen and oxygen atoms in total. The second-order valence-corrected chi connectivity index (χ2v) is 5.17. The number of likely N-dealkylation sites (N-methyl/N-ethyl adjacent to an activating group) is 1. The van der Waals surface area contributed by atoms with Crippen molar-refractivity contribution in [1.29, 1.82) is 0 Å². The van der Waals surface area contributed by atoms with Gasteiger partial charge in [0.05, 0.1) is 0 Å². The molecule has 1 unspecified atom stereocenters. The molecule has 0 saturated heterocycles. The first-order chi connectivity index (χ1) is 8.08. The van der Waals surface area contributed by atoms with Crippen LogP contribution in [0.15, 0.2) is 24.3 Å². The van der Waals surface area contributed by atoms with Crippen LogP contribution in [0.1, 0.15) is 51.7 Å². The number of rotatable bonds is 6. The summed E-state index contributed by atoms with van der Waals surface area (Å²) < 4.78 is 0. The number of hydrogen-bond acceptors (Lipinski definition) is 1.